The molecule has 0 atom stereocenters. The molecule has 0 spiro atoms. The Kier molecular flexibility index (Phi) is 12.1. The Morgan fingerprint density at radius 1 is 0.841 bits per heavy atom. The lowest BCUT2D eigenvalue weighted by atomic mass is 9.99. The number of rotatable bonds is 4. The third-order valence-corrected chi connectivity index (χ3v) is 5.98. The minimum atomic E-state index is -4.62. The van der Waals surface area contributed by atoms with Gasteiger partial charge in [-0.2, -0.15) is 13.2 Å². The van der Waals surface area contributed by atoms with Crippen molar-refractivity contribution in [3.05, 3.63) is 52.5 Å². The van der Waals surface area contributed by atoms with Crippen LogP contribution >= 0.6 is 11.6 Å². The summed E-state index contributed by atoms with van der Waals surface area (Å²) in [5.74, 6) is -0.477. The van der Waals surface area contributed by atoms with E-state index in [0.717, 1.165) is 12.1 Å². The monoisotopic (exact) mass is 643 g/mol. The van der Waals surface area contributed by atoms with Crippen LogP contribution in [0.4, 0.5) is 28.4 Å². The number of anilines is 1. The second-order valence-electron chi connectivity index (χ2n) is 11.7. The third kappa shape index (κ3) is 11.3. The number of carbonyl (C=O) groups is 4. The number of piperazine rings is 1. The van der Waals surface area contributed by atoms with Crippen molar-refractivity contribution in [2.75, 3.05) is 38.6 Å². The fraction of sp³-hybridized carbons (Fsp3) is 0.467. The molecule has 0 unspecified atom stereocenters. The number of nitrogens with one attached hydrogen (secondary N) is 1. The largest absolute Gasteiger partial charge is 0.471 e. The van der Waals surface area contributed by atoms with Crippen LogP contribution < -0.4 is 5.32 Å². The summed E-state index contributed by atoms with van der Waals surface area (Å²) in [6.45, 7) is 11.5. The topological polar surface area (TPSA) is 114 Å². The van der Waals surface area contributed by atoms with Crippen molar-refractivity contribution in [1.29, 1.82) is 0 Å². The first-order valence-corrected chi connectivity index (χ1v) is 13.9. The molecule has 0 aliphatic carbocycles. The van der Waals surface area contributed by atoms with Gasteiger partial charge in [-0.3, -0.25) is 14.9 Å². The van der Waals surface area contributed by atoms with Crippen LogP contribution in [0.15, 0.2) is 36.4 Å². The quantitative estimate of drug-likeness (QED) is 0.286. The number of hydrogen-bond donors (Lipinski definition) is 1. The van der Waals surface area contributed by atoms with Gasteiger partial charge in [0.1, 0.15) is 11.2 Å². The minimum Gasteiger partial charge on any atom is -0.471 e. The first-order valence-electron chi connectivity index (χ1n) is 13.5. The molecule has 2 aromatic rings. The number of benzene rings is 2. The van der Waals surface area contributed by atoms with Crippen LogP contribution in [0, 0.1) is 0 Å². The first-order chi connectivity index (χ1) is 20.2. The van der Waals surface area contributed by atoms with Crippen LogP contribution in [0.1, 0.15) is 57.5 Å². The average Bonchev–Trinajstić information content (AvgIpc) is 2.90. The van der Waals surface area contributed by atoms with E-state index in [-0.39, 0.29) is 48.0 Å². The van der Waals surface area contributed by atoms with Gasteiger partial charge in [0.2, 0.25) is 0 Å². The van der Waals surface area contributed by atoms with Gasteiger partial charge in [-0.05, 0) is 83.0 Å². The van der Waals surface area contributed by atoms with Crippen LogP contribution in [0.2, 0.25) is 5.02 Å². The molecule has 3 rings (SSSR count). The van der Waals surface area contributed by atoms with E-state index in [2.05, 4.69) is 10.1 Å². The van der Waals surface area contributed by atoms with E-state index in [1.54, 1.807) is 41.5 Å². The molecule has 1 N–H and O–H groups in total. The normalized spacial score (nSPS) is 13.7. The Morgan fingerprint density at radius 3 is 1.89 bits per heavy atom. The number of nitrogens with zero attached hydrogens (tertiary/aromatic N) is 2. The molecule has 0 radical (unpaired) electrons. The van der Waals surface area contributed by atoms with Gasteiger partial charge in [0.05, 0.1) is 23.9 Å². The van der Waals surface area contributed by atoms with Gasteiger partial charge in [0.25, 0.3) is 12.4 Å². The van der Waals surface area contributed by atoms with Crippen molar-refractivity contribution in [3.8, 4) is 11.1 Å². The molecule has 44 heavy (non-hydrogen) atoms. The average molecular weight is 644 g/mol. The van der Waals surface area contributed by atoms with E-state index >= 15 is 0 Å². The molecular weight excluding hydrogens is 607 g/mol. The summed E-state index contributed by atoms with van der Waals surface area (Å²) in [6.07, 6.45) is -5.91. The summed E-state index contributed by atoms with van der Waals surface area (Å²) in [5.41, 5.74) is -1.80. The number of methoxy groups -OCH3 is 1. The highest BCUT2D eigenvalue weighted by atomic mass is 35.5. The summed E-state index contributed by atoms with van der Waals surface area (Å²) in [7, 11) is 1.31. The molecule has 1 heterocycles. The number of ether oxygens (including phenoxy) is 3. The first kappa shape index (κ1) is 36.2. The Bertz CT molecular complexity index is 1350. The highest BCUT2D eigenvalue weighted by molar-refractivity contribution is 6.31. The standard InChI is InChI=1S/C28H33ClF3N3O5.C2H4O2/c1-26(2,3)39-24(37)33-22-8-7-17(18-13-19(28(30,31)32)16-20(29)14-18)15-21(22)23(36)34-9-11-35(12-10-34)25(38)40-27(4,5)6;1-4-2-3/h7-8,13-16H,9-12H2,1-6H3,(H,33,37);2H,1H3. The number of amides is 3. The summed E-state index contributed by atoms with van der Waals surface area (Å²) in [4.78, 5) is 50.5. The van der Waals surface area contributed by atoms with Gasteiger partial charge < -0.3 is 24.0 Å². The molecule has 1 aliphatic rings. The highest BCUT2D eigenvalue weighted by Gasteiger charge is 2.32. The zero-order valence-electron chi connectivity index (χ0n) is 25.6. The Labute approximate surface area is 259 Å². The molecule has 0 aromatic heterocycles. The fourth-order valence-electron chi connectivity index (χ4n) is 3.93. The van der Waals surface area contributed by atoms with E-state index in [0.29, 0.717) is 12.0 Å². The molecule has 10 nitrogen and oxygen atoms in total. The third-order valence-electron chi connectivity index (χ3n) is 5.76. The van der Waals surface area contributed by atoms with E-state index in [1.807, 2.05) is 0 Å². The van der Waals surface area contributed by atoms with E-state index in [4.69, 9.17) is 25.9 Å². The van der Waals surface area contributed by atoms with Crippen molar-refractivity contribution < 1.29 is 46.6 Å². The highest BCUT2D eigenvalue weighted by Crippen LogP contribution is 2.36. The Hall–Kier alpha value is -4.00. The lowest BCUT2D eigenvalue weighted by Gasteiger charge is -2.36. The van der Waals surface area contributed by atoms with Gasteiger partial charge >= 0.3 is 18.4 Å². The van der Waals surface area contributed by atoms with Crippen molar-refractivity contribution in [2.45, 2.75) is 58.9 Å². The molecular formula is C30H37ClF3N3O7. The molecule has 2 aromatic carbocycles. The summed E-state index contributed by atoms with van der Waals surface area (Å²) in [6, 6.07) is 7.44. The van der Waals surface area contributed by atoms with Crippen LogP contribution in [0.25, 0.3) is 11.1 Å². The minimum absolute atomic E-state index is 0.0441. The van der Waals surface area contributed by atoms with Gasteiger partial charge in [-0.25, -0.2) is 9.59 Å². The van der Waals surface area contributed by atoms with E-state index in [1.165, 1.54) is 41.2 Å². The van der Waals surface area contributed by atoms with Crippen molar-refractivity contribution >= 4 is 41.9 Å². The molecule has 242 valence electrons. The number of halogens is 4. The number of carbonyl (C=O) groups excluding carboxylic acids is 4. The maximum atomic E-state index is 13.7. The molecule has 0 saturated carbocycles. The van der Waals surface area contributed by atoms with Gasteiger partial charge in [0, 0.05) is 31.2 Å². The Balaban J connectivity index is 0.00000159. The molecule has 3 amide bonds. The second-order valence-corrected chi connectivity index (χ2v) is 12.1. The summed E-state index contributed by atoms with van der Waals surface area (Å²) < 4.78 is 54.8. The zero-order valence-corrected chi connectivity index (χ0v) is 26.4. The molecule has 0 bridgehead atoms. The molecule has 1 aliphatic heterocycles. The van der Waals surface area contributed by atoms with Crippen LogP contribution in [-0.2, 0) is 25.2 Å². The van der Waals surface area contributed by atoms with Crippen LogP contribution in [-0.4, -0.2) is 78.9 Å². The maximum absolute atomic E-state index is 13.7. The lowest BCUT2D eigenvalue weighted by Crippen LogP contribution is -2.51. The van der Waals surface area contributed by atoms with Crippen molar-refractivity contribution in [1.82, 2.24) is 9.80 Å². The van der Waals surface area contributed by atoms with Crippen LogP contribution in [0.3, 0.4) is 0 Å². The van der Waals surface area contributed by atoms with Gasteiger partial charge in [-0.15, -0.1) is 0 Å². The number of hydrogen-bond acceptors (Lipinski definition) is 7. The smallest absolute Gasteiger partial charge is 0.416 e. The van der Waals surface area contributed by atoms with Crippen molar-refractivity contribution in [3.63, 3.8) is 0 Å². The van der Waals surface area contributed by atoms with Gasteiger partial charge in [0.15, 0.2) is 0 Å². The Morgan fingerprint density at radius 2 is 1.39 bits per heavy atom. The predicted molar refractivity (Wildman–Crippen MR) is 159 cm³/mol. The molecule has 14 heteroatoms. The van der Waals surface area contributed by atoms with Crippen LogP contribution in [0.5, 0.6) is 0 Å². The summed E-state index contributed by atoms with van der Waals surface area (Å²) >= 11 is 5.98. The SMILES string of the molecule is CC(C)(C)OC(=O)Nc1ccc(-c2cc(Cl)cc(C(F)(F)F)c2)cc1C(=O)N1CCN(C(=O)OC(C)(C)C)CC1.COC=O. The van der Waals surface area contributed by atoms with E-state index in [9.17, 15) is 27.6 Å². The summed E-state index contributed by atoms with van der Waals surface area (Å²) in [5, 5.41) is 2.45. The van der Waals surface area contributed by atoms with Crippen molar-refractivity contribution in [2.24, 2.45) is 0 Å². The lowest BCUT2D eigenvalue weighted by molar-refractivity contribution is -0.137. The fourth-order valence-corrected chi connectivity index (χ4v) is 4.17. The second kappa shape index (κ2) is 14.7. The predicted octanol–water partition coefficient (Wildman–Crippen LogP) is 6.85. The van der Waals surface area contributed by atoms with Gasteiger partial charge in [-0.1, -0.05) is 17.7 Å². The molecule has 1 fully saturated rings. The van der Waals surface area contributed by atoms with E-state index < -0.39 is 41.0 Å². The molecule has 1 saturated heterocycles. The maximum Gasteiger partial charge on any atom is 0.416 e. The zero-order chi connectivity index (χ0) is 33.5. The number of alkyl halides is 3.